The summed E-state index contributed by atoms with van der Waals surface area (Å²) in [6, 6.07) is 5.73. The van der Waals surface area contributed by atoms with Crippen LogP contribution in [0.5, 0.6) is 0 Å². The number of hydrogen-bond acceptors (Lipinski definition) is 2. The van der Waals surface area contributed by atoms with Gasteiger partial charge in [0.05, 0.1) is 0 Å². The van der Waals surface area contributed by atoms with Crippen LogP contribution >= 0.6 is 0 Å². The minimum Gasteiger partial charge on any atom is -0.238 e. The maximum atomic E-state index is 4.28. The second kappa shape index (κ2) is 3.86. The lowest BCUT2D eigenvalue weighted by Crippen LogP contribution is -1.85. The molecule has 0 aromatic carbocycles. The van der Waals surface area contributed by atoms with Crippen LogP contribution in [-0.2, 0) is 0 Å². The Morgan fingerprint density at radius 3 is 2.91 bits per heavy atom. The molecule has 1 heterocycles. The summed E-state index contributed by atoms with van der Waals surface area (Å²) in [5, 5.41) is 0. The van der Waals surface area contributed by atoms with E-state index in [2.05, 4.69) is 16.9 Å². The lowest BCUT2D eigenvalue weighted by atomic mass is 10.3. The Morgan fingerprint density at radius 1 is 1.55 bits per heavy atom. The van der Waals surface area contributed by atoms with Gasteiger partial charge in [-0.2, -0.15) is 0 Å². The average Bonchev–Trinajstić information content (AvgIpc) is 2.06. The fraction of sp³-hybridized carbons (Fsp3) is 0.333. The summed E-state index contributed by atoms with van der Waals surface area (Å²) in [4.78, 5) is 8.36. The Labute approximate surface area is 67.0 Å². The molecule has 0 spiro atoms. The van der Waals surface area contributed by atoms with E-state index in [1.165, 1.54) is 0 Å². The van der Waals surface area contributed by atoms with Crippen molar-refractivity contribution >= 4 is 11.5 Å². The molecule has 0 amide bonds. The van der Waals surface area contributed by atoms with Crippen LogP contribution in [0.15, 0.2) is 29.4 Å². The number of rotatable bonds is 2. The summed E-state index contributed by atoms with van der Waals surface area (Å²) in [6.07, 6.45) is 2.73. The zero-order chi connectivity index (χ0) is 8.10. The Kier molecular flexibility index (Phi) is 2.78. The average molecular weight is 148 g/mol. The molecule has 0 aliphatic heterocycles. The monoisotopic (exact) mass is 148 g/mol. The molecule has 0 radical (unpaired) electrons. The Bertz CT molecular complexity index is 239. The normalized spacial score (nSPS) is 11.6. The smallest absolute Gasteiger partial charge is 0.151 e. The van der Waals surface area contributed by atoms with Gasteiger partial charge in [-0.1, -0.05) is 13.0 Å². The molecule has 58 valence electrons. The Hall–Kier alpha value is -1.18. The molecule has 0 unspecified atom stereocenters. The quantitative estimate of drug-likeness (QED) is 0.592. The van der Waals surface area contributed by atoms with E-state index in [0.29, 0.717) is 0 Å². The van der Waals surface area contributed by atoms with E-state index in [1.54, 1.807) is 6.20 Å². The zero-order valence-corrected chi connectivity index (χ0v) is 6.91. The van der Waals surface area contributed by atoms with Gasteiger partial charge in [-0.15, -0.1) is 0 Å². The van der Waals surface area contributed by atoms with E-state index in [1.807, 2.05) is 25.1 Å². The Balaban J connectivity index is 2.79. The molecule has 1 aromatic rings. The molecule has 0 saturated carbocycles. The molecule has 2 heteroatoms. The maximum Gasteiger partial charge on any atom is 0.151 e. The second-order valence-corrected chi connectivity index (χ2v) is 2.39. The number of aromatic nitrogens is 1. The van der Waals surface area contributed by atoms with Crippen molar-refractivity contribution < 1.29 is 0 Å². The van der Waals surface area contributed by atoms with Gasteiger partial charge in [0.2, 0.25) is 0 Å². The molecule has 11 heavy (non-hydrogen) atoms. The molecule has 1 rings (SSSR count). The topological polar surface area (TPSA) is 25.2 Å². The molecular formula is C9H12N2. The molecule has 2 nitrogen and oxygen atoms in total. The van der Waals surface area contributed by atoms with Crippen molar-refractivity contribution in [2.75, 3.05) is 0 Å². The zero-order valence-electron chi connectivity index (χ0n) is 6.91. The maximum absolute atomic E-state index is 4.28. The van der Waals surface area contributed by atoms with Gasteiger partial charge in [0.15, 0.2) is 5.82 Å². The van der Waals surface area contributed by atoms with Gasteiger partial charge in [0.1, 0.15) is 0 Å². The van der Waals surface area contributed by atoms with Crippen LogP contribution < -0.4 is 0 Å². The van der Waals surface area contributed by atoms with Crippen molar-refractivity contribution in [1.29, 1.82) is 0 Å². The summed E-state index contributed by atoms with van der Waals surface area (Å²) in [7, 11) is 0. The minimum absolute atomic E-state index is 0.798. The molecule has 0 aliphatic carbocycles. The van der Waals surface area contributed by atoms with Crippen molar-refractivity contribution in [2.24, 2.45) is 4.99 Å². The van der Waals surface area contributed by atoms with Gasteiger partial charge in [0, 0.05) is 11.9 Å². The van der Waals surface area contributed by atoms with Crippen molar-refractivity contribution in [3.05, 3.63) is 24.4 Å². The lowest BCUT2D eigenvalue weighted by Gasteiger charge is -1.93. The molecular weight excluding hydrogens is 136 g/mol. The van der Waals surface area contributed by atoms with E-state index in [-0.39, 0.29) is 0 Å². The highest BCUT2D eigenvalue weighted by Crippen LogP contribution is 2.05. The largest absolute Gasteiger partial charge is 0.238 e. The fourth-order valence-electron chi connectivity index (χ4n) is 0.694. The summed E-state index contributed by atoms with van der Waals surface area (Å²) >= 11 is 0. The summed E-state index contributed by atoms with van der Waals surface area (Å²) in [5.41, 5.74) is 1.11. The first kappa shape index (κ1) is 7.92. The van der Waals surface area contributed by atoms with Gasteiger partial charge in [-0.05, 0) is 25.5 Å². The first-order valence-corrected chi connectivity index (χ1v) is 3.78. The van der Waals surface area contributed by atoms with Crippen molar-refractivity contribution in [1.82, 2.24) is 4.98 Å². The van der Waals surface area contributed by atoms with Crippen LogP contribution in [0.4, 0.5) is 5.82 Å². The predicted molar refractivity (Wildman–Crippen MR) is 47.3 cm³/mol. The van der Waals surface area contributed by atoms with Gasteiger partial charge < -0.3 is 0 Å². The van der Waals surface area contributed by atoms with E-state index in [4.69, 9.17) is 0 Å². The lowest BCUT2D eigenvalue weighted by molar-refractivity contribution is 1.21. The van der Waals surface area contributed by atoms with Gasteiger partial charge in [0.25, 0.3) is 0 Å². The summed E-state index contributed by atoms with van der Waals surface area (Å²) in [6.45, 7) is 4.09. The summed E-state index contributed by atoms with van der Waals surface area (Å²) < 4.78 is 0. The standard InChI is InChI=1S/C9H12N2/c1-3-8(2)11-9-6-4-5-7-10-9/h4-7H,3H2,1-2H3/b11-8+. The number of pyridine rings is 1. The van der Waals surface area contributed by atoms with Crippen LogP contribution in [0.2, 0.25) is 0 Å². The van der Waals surface area contributed by atoms with E-state index >= 15 is 0 Å². The highest BCUT2D eigenvalue weighted by Gasteiger charge is 1.88. The number of hydrogen-bond donors (Lipinski definition) is 0. The molecule has 0 fully saturated rings. The van der Waals surface area contributed by atoms with Gasteiger partial charge in [-0.3, -0.25) is 0 Å². The van der Waals surface area contributed by atoms with Crippen LogP contribution in [0, 0.1) is 0 Å². The first-order chi connectivity index (χ1) is 5.33. The third-order valence-electron chi connectivity index (χ3n) is 1.47. The first-order valence-electron chi connectivity index (χ1n) is 3.78. The second-order valence-electron chi connectivity index (χ2n) is 2.39. The Morgan fingerprint density at radius 2 is 2.36 bits per heavy atom. The van der Waals surface area contributed by atoms with E-state index in [9.17, 15) is 0 Å². The van der Waals surface area contributed by atoms with Crippen molar-refractivity contribution in [3.63, 3.8) is 0 Å². The van der Waals surface area contributed by atoms with Gasteiger partial charge in [-0.25, -0.2) is 9.98 Å². The third-order valence-corrected chi connectivity index (χ3v) is 1.47. The van der Waals surface area contributed by atoms with Crippen molar-refractivity contribution in [3.8, 4) is 0 Å². The van der Waals surface area contributed by atoms with Crippen molar-refractivity contribution in [2.45, 2.75) is 20.3 Å². The van der Waals surface area contributed by atoms with Crippen LogP contribution in [-0.4, -0.2) is 10.7 Å². The molecule has 1 aromatic heterocycles. The van der Waals surface area contributed by atoms with Gasteiger partial charge >= 0.3 is 0 Å². The van der Waals surface area contributed by atoms with Crippen LogP contribution in [0.1, 0.15) is 20.3 Å². The highest BCUT2D eigenvalue weighted by atomic mass is 14.9. The van der Waals surface area contributed by atoms with Crippen LogP contribution in [0.25, 0.3) is 0 Å². The molecule has 0 bridgehead atoms. The molecule has 0 atom stereocenters. The predicted octanol–water partition coefficient (Wildman–Crippen LogP) is 2.58. The third kappa shape index (κ3) is 2.50. The molecule has 0 saturated heterocycles. The van der Waals surface area contributed by atoms with E-state index < -0.39 is 0 Å². The molecule has 0 N–H and O–H groups in total. The minimum atomic E-state index is 0.798. The number of nitrogens with zero attached hydrogens (tertiary/aromatic N) is 2. The highest BCUT2D eigenvalue weighted by molar-refractivity contribution is 5.83. The fourth-order valence-corrected chi connectivity index (χ4v) is 0.694. The molecule has 0 aliphatic rings. The van der Waals surface area contributed by atoms with E-state index in [0.717, 1.165) is 18.0 Å². The number of aliphatic imine (C=N–C) groups is 1. The van der Waals surface area contributed by atoms with Crippen LogP contribution in [0.3, 0.4) is 0 Å². The summed E-state index contributed by atoms with van der Waals surface area (Å²) in [5.74, 6) is 0.798. The SMILES string of the molecule is CC/C(C)=N/c1ccccn1.